The number of nitrogens with two attached hydrogens (primary N) is 2. The highest BCUT2D eigenvalue weighted by Crippen LogP contribution is 2.24. The molecule has 0 saturated carbocycles. The highest BCUT2D eigenvalue weighted by atomic mass is 16.5. The van der Waals surface area contributed by atoms with E-state index in [0.29, 0.717) is 12.4 Å². The van der Waals surface area contributed by atoms with Gasteiger partial charge in [0.2, 0.25) is 0 Å². The van der Waals surface area contributed by atoms with E-state index in [-0.39, 0.29) is 0 Å². The molecule has 1 aromatic carbocycles. The van der Waals surface area contributed by atoms with Gasteiger partial charge in [-0.15, -0.1) is 0 Å². The number of methoxy groups -OCH3 is 2. The summed E-state index contributed by atoms with van der Waals surface area (Å²) < 4.78 is 10.5. The van der Waals surface area contributed by atoms with Crippen LogP contribution in [0.25, 0.3) is 0 Å². The zero-order valence-electron chi connectivity index (χ0n) is 11.6. The van der Waals surface area contributed by atoms with E-state index >= 15 is 0 Å². The van der Waals surface area contributed by atoms with Gasteiger partial charge in [-0.2, -0.15) is 0 Å². The lowest BCUT2D eigenvalue weighted by atomic mass is 10.2. The van der Waals surface area contributed by atoms with Crippen LogP contribution in [-0.4, -0.2) is 14.2 Å². The summed E-state index contributed by atoms with van der Waals surface area (Å²) in [5.41, 5.74) is 13.1. The van der Waals surface area contributed by atoms with Crippen molar-refractivity contribution in [3.05, 3.63) is 47.4 Å². The van der Waals surface area contributed by atoms with E-state index in [1.165, 1.54) is 6.20 Å². The maximum Gasteiger partial charge on any atom is 0.127 e. The smallest absolute Gasteiger partial charge is 0.127 e. The third kappa shape index (κ3) is 4.13. The Morgan fingerprint density at radius 3 is 2.63 bits per heavy atom. The lowest BCUT2D eigenvalue weighted by Gasteiger charge is -2.13. The molecule has 0 aliphatic rings. The molecule has 0 aliphatic heterocycles. The molecule has 0 fully saturated rings. The molecule has 0 unspecified atom stereocenters. The zero-order valence-corrected chi connectivity index (χ0v) is 11.6. The van der Waals surface area contributed by atoms with Crippen LogP contribution in [-0.2, 0) is 6.54 Å². The Hall–Kier alpha value is -2.30. The molecule has 0 heterocycles. The summed E-state index contributed by atoms with van der Waals surface area (Å²) in [5, 5.41) is 3.13. The van der Waals surface area contributed by atoms with Crippen molar-refractivity contribution in [2.75, 3.05) is 14.2 Å². The van der Waals surface area contributed by atoms with Crippen LogP contribution in [0.5, 0.6) is 11.5 Å². The summed E-state index contributed by atoms with van der Waals surface area (Å²) in [6.45, 7) is 2.45. The average molecular weight is 263 g/mol. The van der Waals surface area contributed by atoms with Gasteiger partial charge in [-0.05, 0) is 36.9 Å². The van der Waals surface area contributed by atoms with Crippen molar-refractivity contribution >= 4 is 0 Å². The first-order valence-corrected chi connectivity index (χ1v) is 5.91. The van der Waals surface area contributed by atoms with Crippen molar-refractivity contribution in [2.24, 2.45) is 11.5 Å². The average Bonchev–Trinajstić information content (AvgIpc) is 2.44. The lowest BCUT2D eigenvalue weighted by molar-refractivity contribution is 0.390. The van der Waals surface area contributed by atoms with Crippen molar-refractivity contribution in [1.82, 2.24) is 5.32 Å². The minimum atomic E-state index is 0.564. The van der Waals surface area contributed by atoms with E-state index < -0.39 is 0 Å². The Kier molecular flexibility index (Phi) is 5.60. The molecule has 5 heteroatoms. The zero-order chi connectivity index (χ0) is 14.3. The molecule has 0 radical (unpaired) electrons. The Morgan fingerprint density at radius 2 is 2.05 bits per heavy atom. The van der Waals surface area contributed by atoms with Gasteiger partial charge in [0.25, 0.3) is 0 Å². The molecular weight excluding hydrogens is 242 g/mol. The van der Waals surface area contributed by atoms with E-state index in [1.807, 2.05) is 25.1 Å². The monoisotopic (exact) mass is 263 g/mol. The number of nitrogens with one attached hydrogen (secondary N) is 1. The van der Waals surface area contributed by atoms with Gasteiger partial charge in [0.15, 0.2) is 0 Å². The summed E-state index contributed by atoms with van der Waals surface area (Å²) in [6, 6.07) is 5.65. The Balaban J connectivity index is 2.80. The van der Waals surface area contributed by atoms with Crippen molar-refractivity contribution < 1.29 is 9.47 Å². The fourth-order valence-corrected chi connectivity index (χ4v) is 1.56. The largest absolute Gasteiger partial charge is 0.497 e. The predicted molar refractivity (Wildman–Crippen MR) is 76.6 cm³/mol. The molecule has 5 nitrogen and oxygen atoms in total. The highest BCUT2D eigenvalue weighted by molar-refractivity contribution is 5.41. The van der Waals surface area contributed by atoms with E-state index in [1.54, 1.807) is 20.3 Å². The van der Waals surface area contributed by atoms with Gasteiger partial charge in [0, 0.05) is 18.2 Å². The Labute approximate surface area is 113 Å². The van der Waals surface area contributed by atoms with Crippen LogP contribution >= 0.6 is 0 Å². The van der Waals surface area contributed by atoms with Gasteiger partial charge in [-0.1, -0.05) is 0 Å². The molecule has 19 heavy (non-hydrogen) atoms. The number of rotatable bonds is 6. The summed E-state index contributed by atoms with van der Waals surface area (Å²) in [7, 11) is 3.25. The Morgan fingerprint density at radius 1 is 1.32 bits per heavy atom. The third-order valence-corrected chi connectivity index (χ3v) is 2.73. The standard InChI is InChI=1S/C14H21N3O2/c1-10(6-7-15)14(16)17-9-11-4-5-12(18-2)8-13(11)19-3/h4-8,17H,9,15-16H2,1-3H3/b7-6-,14-10+. The molecule has 1 aromatic rings. The van der Waals surface area contributed by atoms with Crippen LogP contribution < -0.4 is 26.3 Å². The Bertz CT molecular complexity index is 482. The molecule has 0 aliphatic carbocycles. The molecule has 104 valence electrons. The minimum absolute atomic E-state index is 0.564. The van der Waals surface area contributed by atoms with Crippen LogP contribution in [0.2, 0.25) is 0 Å². The first-order chi connectivity index (χ1) is 9.12. The van der Waals surface area contributed by atoms with Gasteiger partial charge in [0.05, 0.1) is 20.0 Å². The fraction of sp³-hybridized carbons (Fsp3) is 0.286. The van der Waals surface area contributed by atoms with E-state index in [0.717, 1.165) is 22.6 Å². The molecule has 0 bridgehead atoms. The molecule has 0 atom stereocenters. The van der Waals surface area contributed by atoms with Crippen LogP contribution in [0.1, 0.15) is 12.5 Å². The van der Waals surface area contributed by atoms with Crippen molar-refractivity contribution in [2.45, 2.75) is 13.5 Å². The van der Waals surface area contributed by atoms with E-state index in [4.69, 9.17) is 20.9 Å². The summed E-state index contributed by atoms with van der Waals surface area (Å²) in [5.74, 6) is 2.10. The van der Waals surface area contributed by atoms with Crippen LogP contribution in [0.3, 0.4) is 0 Å². The lowest BCUT2D eigenvalue weighted by Crippen LogP contribution is -2.21. The number of benzene rings is 1. The van der Waals surface area contributed by atoms with Gasteiger partial charge in [-0.25, -0.2) is 0 Å². The van der Waals surface area contributed by atoms with Crippen LogP contribution in [0, 0.1) is 0 Å². The van der Waals surface area contributed by atoms with Crippen LogP contribution in [0.15, 0.2) is 41.9 Å². The molecule has 5 N–H and O–H groups in total. The second-order valence-electron chi connectivity index (χ2n) is 3.99. The maximum absolute atomic E-state index is 5.89. The summed E-state index contributed by atoms with van der Waals surface area (Å²) in [6.07, 6.45) is 3.20. The first-order valence-electron chi connectivity index (χ1n) is 5.91. The van der Waals surface area contributed by atoms with Gasteiger partial charge < -0.3 is 26.3 Å². The van der Waals surface area contributed by atoms with Gasteiger partial charge in [0.1, 0.15) is 11.5 Å². The normalized spacial score (nSPS) is 12.2. The second-order valence-corrected chi connectivity index (χ2v) is 3.99. The second kappa shape index (κ2) is 7.20. The maximum atomic E-state index is 5.89. The van der Waals surface area contributed by atoms with Crippen LogP contribution in [0.4, 0.5) is 0 Å². The number of allylic oxidation sites excluding steroid dienone is 2. The SMILES string of the molecule is COc1ccc(CN/C(N)=C(C)/C=C\N)c(OC)c1. The van der Waals surface area contributed by atoms with E-state index in [9.17, 15) is 0 Å². The number of hydrogen-bond donors (Lipinski definition) is 3. The molecular formula is C14H21N3O2. The van der Waals surface area contributed by atoms with E-state index in [2.05, 4.69) is 5.32 Å². The van der Waals surface area contributed by atoms with Gasteiger partial charge >= 0.3 is 0 Å². The first kappa shape index (κ1) is 14.8. The topological polar surface area (TPSA) is 82.5 Å². The quantitative estimate of drug-likeness (QED) is 0.677. The third-order valence-electron chi connectivity index (χ3n) is 2.73. The van der Waals surface area contributed by atoms with Crippen molar-refractivity contribution in [1.29, 1.82) is 0 Å². The highest BCUT2D eigenvalue weighted by Gasteiger charge is 2.05. The molecule has 0 amide bonds. The molecule has 0 spiro atoms. The minimum Gasteiger partial charge on any atom is -0.497 e. The fourth-order valence-electron chi connectivity index (χ4n) is 1.56. The van der Waals surface area contributed by atoms with Crippen molar-refractivity contribution in [3.63, 3.8) is 0 Å². The molecule has 1 rings (SSSR count). The predicted octanol–water partition coefficient (Wildman–Crippen LogP) is 1.46. The summed E-state index contributed by atoms with van der Waals surface area (Å²) >= 11 is 0. The number of ether oxygens (including phenoxy) is 2. The molecule has 0 saturated heterocycles. The van der Waals surface area contributed by atoms with Gasteiger partial charge in [-0.3, -0.25) is 0 Å². The van der Waals surface area contributed by atoms with Crippen molar-refractivity contribution in [3.8, 4) is 11.5 Å². The number of hydrogen-bond acceptors (Lipinski definition) is 5. The summed E-state index contributed by atoms with van der Waals surface area (Å²) in [4.78, 5) is 0. The molecule has 0 aromatic heterocycles.